The summed E-state index contributed by atoms with van der Waals surface area (Å²) in [5, 5.41) is 4.28. The van der Waals surface area contributed by atoms with E-state index in [2.05, 4.69) is 15.1 Å². The zero-order valence-corrected chi connectivity index (χ0v) is 14.3. The van der Waals surface area contributed by atoms with E-state index in [-0.39, 0.29) is 35.1 Å². The Morgan fingerprint density at radius 1 is 1.22 bits per heavy atom. The summed E-state index contributed by atoms with van der Waals surface area (Å²) < 4.78 is 64.8. The standard InChI is InChI=1S/C17H14F4N4O2/c1-26-15-10(7-22-16(23-15)27-2)13-6-9(8-5-11(8)17(19,20)21)14-12(18)3-4-25(14)24-13/h3-4,6-8,11H,5H2,1-2H3. The van der Waals surface area contributed by atoms with Gasteiger partial charge in [0.25, 0.3) is 0 Å². The molecule has 3 aromatic heterocycles. The predicted molar refractivity (Wildman–Crippen MR) is 86.2 cm³/mol. The summed E-state index contributed by atoms with van der Waals surface area (Å²) in [6, 6.07) is 2.69. The minimum absolute atomic E-state index is 0.0453. The molecule has 0 N–H and O–H groups in total. The smallest absolute Gasteiger partial charge is 0.392 e. The highest BCUT2D eigenvalue weighted by Gasteiger charge is 2.56. The highest BCUT2D eigenvalue weighted by molar-refractivity contribution is 5.69. The lowest BCUT2D eigenvalue weighted by Gasteiger charge is -2.12. The summed E-state index contributed by atoms with van der Waals surface area (Å²) in [5.74, 6) is -2.77. The molecule has 0 aliphatic heterocycles. The minimum atomic E-state index is -4.32. The first-order valence-electron chi connectivity index (χ1n) is 8.03. The average molecular weight is 382 g/mol. The molecule has 2 atom stereocenters. The zero-order valence-electron chi connectivity index (χ0n) is 14.3. The van der Waals surface area contributed by atoms with E-state index < -0.39 is 23.8 Å². The second-order valence-electron chi connectivity index (χ2n) is 6.21. The van der Waals surface area contributed by atoms with E-state index in [4.69, 9.17) is 9.47 Å². The largest absolute Gasteiger partial charge is 0.480 e. The van der Waals surface area contributed by atoms with Gasteiger partial charge in [0, 0.05) is 12.4 Å². The van der Waals surface area contributed by atoms with Gasteiger partial charge in [-0.15, -0.1) is 0 Å². The van der Waals surface area contributed by atoms with Crippen molar-refractivity contribution in [1.29, 1.82) is 0 Å². The molecule has 0 radical (unpaired) electrons. The van der Waals surface area contributed by atoms with E-state index in [0.717, 1.165) is 0 Å². The molecule has 0 saturated heterocycles. The number of nitrogens with zero attached hydrogens (tertiary/aromatic N) is 4. The van der Waals surface area contributed by atoms with Gasteiger partial charge in [0.2, 0.25) is 5.88 Å². The van der Waals surface area contributed by atoms with Gasteiger partial charge in [0.15, 0.2) is 5.82 Å². The summed E-state index contributed by atoms with van der Waals surface area (Å²) in [6.45, 7) is 0. The average Bonchev–Trinajstić information content (AvgIpc) is 3.38. The molecule has 3 heterocycles. The molecule has 0 amide bonds. The number of alkyl halides is 3. The molecule has 0 bridgehead atoms. The van der Waals surface area contributed by atoms with Gasteiger partial charge < -0.3 is 9.47 Å². The van der Waals surface area contributed by atoms with Crippen molar-refractivity contribution in [2.24, 2.45) is 5.92 Å². The number of aromatic nitrogens is 4. The first-order chi connectivity index (χ1) is 12.8. The van der Waals surface area contributed by atoms with Crippen LogP contribution in [0.25, 0.3) is 16.8 Å². The van der Waals surface area contributed by atoms with E-state index in [9.17, 15) is 17.6 Å². The van der Waals surface area contributed by atoms with Gasteiger partial charge in [0.05, 0.1) is 31.4 Å². The van der Waals surface area contributed by atoms with E-state index in [1.807, 2.05) is 0 Å². The molecular weight excluding hydrogens is 368 g/mol. The van der Waals surface area contributed by atoms with Crippen molar-refractivity contribution in [3.63, 3.8) is 0 Å². The van der Waals surface area contributed by atoms with Crippen molar-refractivity contribution in [1.82, 2.24) is 19.6 Å². The Morgan fingerprint density at radius 3 is 2.63 bits per heavy atom. The van der Waals surface area contributed by atoms with Crippen LogP contribution in [0.15, 0.2) is 24.5 Å². The maximum absolute atomic E-state index is 14.2. The summed E-state index contributed by atoms with van der Waals surface area (Å²) >= 11 is 0. The fourth-order valence-electron chi connectivity index (χ4n) is 3.21. The molecule has 6 nitrogen and oxygen atoms in total. The maximum atomic E-state index is 14.2. The lowest BCUT2D eigenvalue weighted by Crippen LogP contribution is -2.12. The maximum Gasteiger partial charge on any atom is 0.392 e. The number of hydrogen-bond acceptors (Lipinski definition) is 5. The van der Waals surface area contributed by atoms with Gasteiger partial charge in [-0.25, -0.2) is 13.9 Å². The Hall–Kier alpha value is -2.91. The van der Waals surface area contributed by atoms with Gasteiger partial charge in [-0.2, -0.15) is 23.3 Å². The van der Waals surface area contributed by atoms with E-state index in [1.165, 1.54) is 43.3 Å². The molecule has 0 spiro atoms. The zero-order chi connectivity index (χ0) is 19.3. The Kier molecular flexibility index (Phi) is 3.93. The summed E-state index contributed by atoms with van der Waals surface area (Å²) in [6.07, 6.45) is -1.64. The monoisotopic (exact) mass is 382 g/mol. The van der Waals surface area contributed by atoms with Gasteiger partial charge >= 0.3 is 12.2 Å². The van der Waals surface area contributed by atoms with Crippen molar-refractivity contribution in [2.45, 2.75) is 18.5 Å². The first-order valence-corrected chi connectivity index (χ1v) is 8.03. The van der Waals surface area contributed by atoms with Crippen LogP contribution >= 0.6 is 0 Å². The third-order valence-electron chi connectivity index (χ3n) is 4.59. The second kappa shape index (κ2) is 6.07. The lowest BCUT2D eigenvalue weighted by molar-refractivity contribution is -0.148. The van der Waals surface area contributed by atoms with E-state index in [0.29, 0.717) is 5.56 Å². The molecule has 1 aliphatic carbocycles. The Balaban J connectivity index is 1.87. The van der Waals surface area contributed by atoms with Crippen LogP contribution in [0.4, 0.5) is 17.6 Å². The summed E-state index contributed by atoms with van der Waals surface area (Å²) in [7, 11) is 2.78. The third kappa shape index (κ3) is 2.94. The van der Waals surface area contributed by atoms with Crippen molar-refractivity contribution < 1.29 is 27.0 Å². The Bertz CT molecular complexity index is 1020. The van der Waals surface area contributed by atoms with Crippen molar-refractivity contribution in [3.8, 4) is 23.1 Å². The highest BCUT2D eigenvalue weighted by atomic mass is 19.4. The molecule has 2 unspecified atom stereocenters. The molecule has 10 heteroatoms. The molecule has 3 aromatic rings. The van der Waals surface area contributed by atoms with Crippen LogP contribution in [-0.4, -0.2) is 40.0 Å². The van der Waals surface area contributed by atoms with Crippen LogP contribution in [0, 0.1) is 11.7 Å². The van der Waals surface area contributed by atoms with Crippen LogP contribution in [0.3, 0.4) is 0 Å². The molecule has 27 heavy (non-hydrogen) atoms. The van der Waals surface area contributed by atoms with Gasteiger partial charge in [0.1, 0.15) is 5.52 Å². The van der Waals surface area contributed by atoms with Crippen LogP contribution in [-0.2, 0) is 0 Å². The number of halogens is 4. The number of hydrogen-bond donors (Lipinski definition) is 0. The number of fused-ring (bicyclic) bond motifs is 1. The summed E-state index contributed by atoms with van der Waals surface area (Å²) in [4.78, 5) is 8.05. The van der Waals surface area contributed by atoms with Crippen LogP contribution < -0.4 is 9.47 Å². The van der Waals surface area contributed by atoms with Gasteiger partial charge in [-0.1, -0.05) is 0 Å². The SMILES string of the molecule is COc1ncc(-c2cc(C3CC3C(F)(F)F)c3c(F)ccn3n2)c(OC)n1. The topological polar surface area (TPSA) is 61.5 Å². The number of methoxy groups -OCH3 is 2. The fraction of sp³-hybridized carbons (Fsp3) is 0.353. The lowest BCUT2D eigenvalue weighted by atomic mass is 10.1. The summed E-state index contributed by atoms with van der Waals surface area (Å²) in [5.41, 5.74) is 0.937. The van der Waals surface area contributed by atoms with E-state index in [1.54, 1.807) is 0 Å². The first kappa shape index (κ1) is 17.5. The van der Waals surface area contributed by atoms with Crippen LogP contribution in [0.5, 0.6) is 11.9 Å². The second-order valence-corrected chi connectivity index (χ2v) is 6.21. The minimum Gasteiger partial charge on any atom is -0.480 e. The van der Waals surface area contributed by atoms with Crippen molar-refractivity contribution in [3.05, 3.63) is 35.9 Å². The molecular formula is C17H14F4N4O2. The Labute approximate surface area is 150 Å². The van der Waals surface area contributed by atoms with Gasteiger partial charge in [-0.3, -0.25) is 0 Å². The molecule has 0 aromatic carbocycles. The normalized spacial score (nSPS) is 19.3. The number of rotatable bonds is 4. The number of ether oxygens (including phenoxy) is 2. The molecule has 4 rings (SSSR count). The quantitative estimate of drug-likeness (QED) is 0.645. The van der Waals surface area contributed by atoms with Gasteiger partial charge in [-0.05, 0) is 30.0 Å². The molecule has 142 valence electrons. The van der Waals surface area contributed by atoms with Crippen LogP contribution in [0.2, 0.25) is 0 Å². The predicted octanol–water partition coefficient (Wildman–Crippen LogP) is 3.61. The Morgan fingerprint density at radius 2 is 2.00 bits per heavy atom. The van der Waals surface area contributed by atoms with Crippen molar-refractivity contribution >= 4 is 5.52 Å². The van der Waals surface area contributed by atoms with E-state index >= 15 is 0 Å². The molecule has 1 saturated carbocycles. The molecule has 1 fully saturated rings. The van der Waals surface area contributed by atoms with Crippen LogP contribution in [0.1, 0.15) is 17.9 Å². The third-order valence-corrected chi connectivity index (χ3v) is 4.59. The van der Waals surface area contributed by atoms with Crippen molar-refractivity contribution in [2.75, 3.05) is 14.2 Å². The fourth-order valence-corrected chi connectivity index (χ4v) is 3.21. The highest BCUT2D eigenvalue weighted by Crippen LogP contribution is 2.57. The molecule has 1 aliphatic rings.